The number of hydrogen-bond donors (Lipinski definition) is 0. The largest absolute Gasteiger partial charge is 0.378 e. The van der Waals surface area contributed by atoms with E-state index in [1.165, 1.54) is 32.1 Å². The highest BCUT2D eigenvalue weighted by Gasteiger charge is 2.13. The van der Waals surface area contributed by atoms with Crippen LogP contribution in [-0.4, -0.2) is 12.7 Å². The van der Waals surface area contributed by atoms with Crippen molar-refractivity contribution in [2.45, 2.75) is 92.1 Å². The quantitative estimate of drug-likeness (QED) is 0.326. The molecule has 23 heavy (non-hydrogen) atoms. The highest BCUT2D eigenvalue weighted by molar-refractivity contribution is 4.95. The molecule has 0 aromatic rings. The van der Waals surface area contributed by atoms with E-state index in [4.69, 9.17) is 4.74 Å². The van der Waals surface area contributed by atoms with Crippen LogP contribution < -0.4 is 0 Å². The third-order valence-electron chi connectivity index (χ3n) is 4.74. The molecule has 0 fully saturated rings. The normalized spacial score (nSPS) is 17.0. The van der Waals surface area contributed by atoms with Gasteiger partial charge < -0.3 is 4.74 Å². The summed E-state index contributed by atoms with van der Waals surface area (Å²) in [4.78, 5) is 0. The third kappa shape index (κ3) is 13.6. The lowest BCUT2D eigenvalue weighted by molar-refractivity contribution is 0.0254. The van der Waals surface area contributed by atoms with Gasteiger partial charge in [0.25, 0.3) is 0 Å². The predicted octanol–water partition coefficient (Wildman–Crippen LogP) is 7.18. The van der Waals surface area contributed by atoms with Crippen LogP contribution in [0, 0.1) is 17.8 Å². The van der Waals surface area contributed by atoms with Crippen molar-refractivity contribution in [2.24, 2.45) is 17.8 Å². The number of hydrogen-bond acceptors (Lipinski definition) is 1. The van der Waals surface area contributed by atoms with E-state index >= 15 is 0 Å². The summed E-state index contributed by atoms with van der Waals surface area (Å²) in [5.74, 6) is 2.22. The number of allylic oxidation sites excluding steroid dienone is 3. The van der Waals surface area contributed by atoms with Crippen LogP contribution in [0.15, 0.2) is 24.3 Å². The summed E-state index contributed by atoms with van der Waals surface area (Å²) in [6.45, 7) is 13.6. The van der Waals surface area contributed by atoms with E-state index in [1.807, 2.05) is 0 Å². The van der Waals surface area contributed by atoms with Crippen LogP contribution in [0.5, 0.6) is 0 Å². The molecule has 0 heterocycles. The molecule has 0 aromatic carbocycles. The molecule has 0 spiro atoms. The second-order valence-corrected chi connectivity index (χ2v) is 8.04. The fourth-order valence-corrected chi connectivity index (χ4v) is 2.79. The van der Waals surface area contributed by atoms with Gasteiger partial charge in [0.15, 0.2) is 0 Å². The molecular weight excluding hydrogens is 280 g/mol. The second-order valence-electron chi connectivity index (χ2n) is 8.04. The maximum absolute atomic E-state index is 5.44. The van der Waals surface area contributed by atoms with E-state index in [2.05, 4.69) is 65.8 Å². The Balaban J connectivity index is 3.87. The maximum atomic E-state index is 5.44. The van der Waals surface area contributed by atoms with Crippen molar-refractivity contribution in [2.75, 3.05) is 7.11 Å². The molecule has 0 aliphatic carbocycles. The van der Waals surface area contributed by atoms with Gasteiger partial charge in [0, 0.05) is 7.11 Å². The summed E-state index contributed by atoms with van der Waals surface area (Å²) < 4.78 is 5.44. The summed E-state index contributed by atoms with van der Waals surface area (Å²) in [5.41, 5.74) is -0.0461. The molecule has 0 saturated carbocycles. The van der Waals surface area contributed by atoms with E-state index in [-0.39, 0.29) is 5.60 Å². The smallest absolute Gasteiger partial charge is 0.0657 e. The van der Waals surface area contributed by atoms with Crippen molar-refractivity contribution < 1.29 is 4.74 Å². The predicted molar refractivity (Wildman–Crippen MR) is 105 cm³/mol. The fraction of sp³-hybridized carbons (Fsp3) is 0.818. The van der Waals surface area contributed by atoms with Crippen LogP contribution in [0.25, 0.3) is 0 Å². The monoisotopic (exact) mass is 322 g/mol. The first-order valence-corrected chi connectivity index (χ1v) is 9.69. The first-order valence-electron chi connectivity index (χ1n) is 9.69. The minimum Gasteiger partial charge on any atom is -0.378 e. The maximum Gasteiger partial charge on any atom is 0.0657 e. The van der Waals surface area contributed by atoms with E-state index in [0.29, 0.717) is 11.8 Å². The minimum absolute atomic E-state index is 0.0461. The Hall–Kier alpha value is -0.560. The van der Waals surface area contributed by atoms with E-state index in [9.17, 15) is 0 Å². The SMILES string of the molecule is CCCC(C)CCCC(C)/C=C/CC(C)/C=C/CC(C)(C)OC. The van der Waals surface area contributed by atoms with Crippen molar-refractivity contribution >= 4 is 0 Å². The average Bonchev–Trinajstić information content (AvgIpc) is 2.47. The Morgan fingerprint density at radius 1 is 0.913 bits per heavy atom. The zero-order valence-corrected chi connectivity index (χ0v) is 16.9. The fourth-order valence-electron chi connectivity index (χ4n) is 2.79. The second kappa shape index (κ2) is 12.8. The first kappa shape index (κ1) is 22.4. The van der Waals surface area contributed by atoms with Gasteiger partial charge in [-0.25, -0.2) is 0 Å². The van der Waals surface area contributed by atoms with Crippen molar-refractivity contribution in [3.63, 3.8) is 0 Å². The summed E-state index contributed by atoms with van der Waals surface area (Å²) in [6.07, 6.45) is 18.3. The van der Waals surface area contributed by atoms with Gasteiger partial charge in [-0.15, -0.1) is 0 Å². The first-order chi connectivity index (χ1) is 10.8. The Morgan fingerprint density at radius 2 is 1.57 bits per heavy atom. The highest BCUT2D eigenvalue weighted by atomic mass is 16.5. The number of rotatable bonds is 13. The van der Waals surface area contributed by atoms with Gasteiger partial charge in [0.1, 0.15) is 0 Å². The molecule has 0 saturated heterocycles. The standard InChI is InChI=1S/C22H42O/c1-8-12-19(2)13-9-14-20(3)15-10-16-21(4)17-11-18-22(5,6)23-7/h10-11,15,17,19-21H,8-9,12-14,16,18H2,1-7H3/b15-10+,17-11+. The van der Waals surface area contributed by atoms with Crippen LogP contribution in [0.1, 0.15) is 86.5 Å². The minimum atomic E-state index is -0.0461. The van der Waals surface area contributed by atoms with Crippen molar-refractivity contribution in [1.29, 1.82) is 0 Å². The van der Waals surface area contributed by atoms with Crippen molar-refractivity contribution in [3.05, 3.63) is 24.3 Å². The van der Waals surface area contributed by atoms with Gasteiger partial charge in [-0.1, -0.05) is 77.7 Å². The van der Waals surface area contributed by atoms with E-state index in [0.717, 1.165) is 18.8 Å². The molecule has 0 bridgehead atoms. The molecule has 0 aliphatic heterocycles. The Bertz CT molecular complexity index is 327. The molecule has 3 atom stereocenters. The zero-order valence-electron chi connectivity index (χ0n) is 16.9. The molecule has 1 heteroatoms. The van der Waals surface area contributed by atoms with Crippen molar-refractivity contribution in [3.8, 4) is 0 Å². The van der Waals surface area contributed by atoms with Gasteiger partial charge in [0.2, 0.25) is 0 Å². The summed E-state index contributed by atoms with van der Waals surface area (Å²) in [5, 5.41) is 0. The Morgan fingerprint density at radius 3 is 2.17 bits per heavy atom. The van der Waals surface area contributed by atoms with Crippen molar-refractivity contribution in [1.82, 2.24) is 0 Å². The molecule has 0 amide bonds. The van der Waals surface area contributed by atoms with E-state index in [1.54, 1.807) is 7.11 Å². The van der Waals surface area contributed by atoms with Crippen LogP contribution >= 0.6 is 0 Å². The highest BCUT2D eigenvalue weighted by Crippen LogP contribution is 2.18. The zero-order chi connectivity index (χ0) is 17.7. The third-order valence-corrected chi connectivity index (χ3v) is 4.74. The van der Waals surface area contributed by atoms with Gasteiger partial charge in [-0.2, -0.15) is 0 Å². The average molecular weight is 323 g/mol. The van der Waals surface area contributed by atoms with Gasteiger partial charge >= 0.3 is 0 Å². The molecule has 0 aliphatic rings. The van der Waals surface area contributed by atoms with Gasteiger partial charge in [-0.3, -0.25) is 0 Å². The van der Waals surface area contributed by atoms with Gasteiger partial charge in [-0.05, 0) is 50.9 Å². The Labute approximate surface area is 146 Å². The lowest BCUT2D eigenvalue weighted by Crippen LogP contribution is -2.20. The van der Waals surface area contributed by atoms with E-state index < -0.39 is 0 Å². The summed E-state index contributed by atoms with van der Waals surface area (Å²) in [6, 6.07) is 0. The number of methoxy groups -OCH3 is 1. The molecule has 1 nitrogen and oxygen atoms in total. The van der Waals surface area contributed by atoms with Crippen LogP contribution in [0.2, 0.25) is 0 Å². The lowest BCUT2D eigenvalue weighted by atomic mass is 9.95. The molecule has 0 rings (SSSR count). The topological polar surface area (TPSA) is 9.23 Å². The number of ether oxygens (including phenoxy) is 1. The van der Waals surface area contributed by atoms with Gasteiger partial charge in [0.05, 0.1) is 5.60 Å². The summed E-state index contributed by atoms with van der Waals surface area (Å²) >= 11 is 0. The van der Waals surface area contributed by atoms with Crippen LogP contribution in [0.3, 0.4) is 0 Å². The molecule has 0 radical (unpaired) electrons. The van der Waals surface area contributed by atoms with Crippen LogP contribution in [-0.2, 0) is 4.74 Å². The molecule has 3 unspecified atom stereocenters. The molecule has 0 N–H and O–H groups in total. The summed E-state index contributed by atoms with van der Waals surface area (Å²) in [7, 11) is 1.78. The molecule has 0 aromatic heterocycles. The molecular formula is C22H42O. The molecule has 136 valence electrons. The van der Waals surface area contributed by atoms with Crippen LogP contribution in [0.4, 0.5) is 0 Å². The lowest BCUT2D eigenvalue weighted by Gasteiger charge is -2.20. The Kier molecular flexibility index (Phi) is 12.5.